The molecule has 1 saturated heterocycles. The highest BCUT2D eigenvalue weighted by Crippen LogP contribution is 2.50. The van der Waals surface area contributed by atoms with Crippen LogP contribution in [0.3, 0.4) is 0 Å². The molecule has 2 aliphatic heterocycles. The topological polar surface area (TPSA) is 86.8 Å². The first-order valence-corrected chi connectivity index (χ1v) is 9.40. The van der Waals surface area contributed by atoms with Crippen molar-refractivity contribution in [1.82, 2.24) is 4.31 Å². The maximum Gasteiger partial charge on any atom is 0.345 e. The van der Waals surface area contributed by atoms with E-state index in [2.05, 4.69) is 5.32 Å². The SMILES string of the molecule is CS(=O)(=O)N1C(=O)CN(c2ccc3c(c2)NCC32CCC2)C1=O. The Morgan fingerprint density at radius 1 is 1.22 bits per heavy atom. The second kappa shape index (κ2) is 4.47. The van der Waals surface area contributed by atoms with E-state index in [-0.39, 0.29) is 12.0 Å². The van der Waals surface area contributed by atoms with Gasteiger partial charge in [-0.25, -0.2) is 13.2 Å². The van der Waals surface area contributed by atoms with E-state index in [9.17, 15) is 18.0 Å². The van der Waals surface area contributed by atoms with E-state index >= 15 is 0 Å². The summed E-state index contributed by atoms with van der Waals surface area (Å²) in [4.78, 5) is 25.4. The Morgan fingerprint density at radius 2 is 1.96 bits per heavy atom. The molecule has 4 rings (SSSR count). The molecular weight excluding hydrogens is 318 g/mol. The van der Waals surface area contributed by atoms with Crippen LogP contribution in [0.2, 0.25) is 0 Å². The lowest BCUT2D eigenvalue weighted by Gasteiger charge is -2.38. The van der Waals surface area contributed by atoms with Crippen LogP contribution in [-0.2, 0) is 20.2 Å². The maximum atomic E-state index is 12.3. The van der Waals surface area contributed by atoms with Crippen molar-refractivity contribution in [2.75, 3.05) is 29.6 Å². The molecule has 8 heteroatoms. The molecule has 2 fully saturated rings. The third kappa shape index (κ3) is 1.97. The molecule has 7 nitrogen and oxygen atoms in total. The predicted molar refractivity (Wildman–Crippen MR) is 84.9 cm³/mol. The van der Waals surface area contributed by atoms with E-state index in [1.54, 1.807) is 6.07 Å². The molecule has 122 valence electrons. The first-order valence-electron chi connectivity index (χ1n) is 7.55. The average molecular weight is 335 g/mol. The van der Waals surface area contributed by atoms with Crippen molar-refractivity contribution >= 4 is 33.3 Å². The van der Waals surface area contributed by atoms with Gasteiger partial charge in [0.05, 0.1) is 6.26 Å². The van der Waals surface area contributed by atoms with E-state index in [1.165, 1.54) is 16.9 Å². The van der Waals surface area contributed by atoms with Gasteiger partial charge >= 0.3 is 6.03 Å². The molecule has 1 aromatic carbocycles. The molecule has 1 aliphatic carbocycles. The molecule has 0 aromatic heterocycles. The number of carbonyl (C=O) groups is 2. The fourth-order valence-electron chi connectivity index (χ4n) is 3.73. The maximum absolute atomic E-state index is 12.3. The largest absolute Gasteiger partial charge is 0.384 e. The van der Waals surface area contributed by atoms with Gasteiger partial charge in [0.25, 0.3) is 5.91 Å². The highest BCUT2D eigenvalue weighted by Gasteiger charge is 2.45. The summed E-state index contributed by atoms with van der Waals surface area (Å²) in [6, 6.07) is 4.81. The standard InChI is InChI=1S/C15H17N3O4S/c1-23(21,22)18-13(19)8-17(14(18)20)10-3-4-11-12(7-10)16-9-15(11)5-2-6-15/h3-4,7,16H,2,5-6,8-9H2,1H3. The number of hydrogen-bond donors (Lipinski definition) is 1. The minimum atomic E-state index is -3.89. The van der Waals surface area contributed by atoms with Crippen LogP contribution in [0.15, 0.2) is 18.2 Å². The zero-order valence-corrected chi connectivity index (χ0v) is 13.5. The minimum Gasteiger partial charge on any atom is -0.384 e. The lowest BCUT2D eigenvalue weighted by atomic mass is 9.66. The van der Waals surface area contributed by atoms with Crippen LogP contribution in [0.4, 0.5) is 16.2 Å². The highest BCUT2D eigenvalue weighted by atomic mass is 32.2. The summed E-state index contributed by atoms with van der Waals surface area (Å²) in [5, 5.41) is 3.37. The molecule has 3 amide bonds. The lowest BCUT2D eigenvalue weighted by Crippen LogP contribution is -2.37. The van der Waals surface area contributed by atoms with E-state index in [0.29, 0.717) is 9.99 Å². The van der Waals surface area contributed by atoms with Gasteiger partial charge in [0.15, 0.2) is 0 Å². The van der Waals surface area contributed by atoms with Crippen LogP contribution in [0.1, 0.15) is 24.8 Å². The van der Waals surface area contributed by atoms with Gasteiger partial charge in [-0.2, -0.15) is 4.31 Å². The van der Waals surface area contributed by atoms with Crippen molar-refractivity contribution in [2.24, 2.45) is 0 Å². The van der Waals surface area contributed by atoms with Crippen LogP contribution < -0.4 is 10.2 Å². The van der Waals surface area contributed by atoms with E-state index in [1.807, 2.05) is 12.1 Å². The van der Waals surface area contributed by atoms with Crippen molar-refractivity contribution in [2.45, 2.75) is 24.7 Å². The van der Waals surface area contributed by atoms with Crippen LogP contribution >= 0.6 is 0 Å². The fourth-order valence-corrected chi connectivity index (χ4v) is 4.54. The number of nitrogens with one attached hydrogen (secondary N) is 1. The van der Waals surface area contributed by atoms with Gasteiger partial charge in [-0.05, 0) is 30.5 Å². The molecule has 1 spiro atoms. The molecule has 1 saturated carbocycles. The molecule has 1 N–H and O–H groups in total. The number of carbonyl (C=O) groups excluding carboxylic acids is 2. The summed E-state index contributed by atoms with van der Waals surface area (Å²) in [6.07, 6.45) is 4.41. The van der Waals surface area contributed by atoms with Crippen molar-refractivity contribution in [1.29, 1.82) is 0 Å². The Hall–Kier alpha value is -2.09. The molecule has 3 aliphatic rings. The first kappa shape index (κ1) is 14.5. The number of benzene rings is 1. The molecule has 0 radical (unpaired) electrons. The molecule has 1 aromatic rings. The first-order chi connectivity index (χ1) is 10.8. The summed E-state index contributed by atoms with van der Waals surface area (Å²) in [6.45, 7) is 0.643. The van der Waals surface area contributed by atoms with Gasteiger partial charge < -0.3 is 5.32 Å². The minimum absolute atomic E-state index is 0.220. The van der Waals surface area contributed by atoms with E-state index < -0.39 is 22.0 Å². The normalized spacial score (nSPS) is 22.3. The summed E-state index contributed by atoms with van der Waals surface area (Å²) < 4.78 is 23.5. The summed E-state index contributed by atoms with van der Waals surface area (Å²) in [5.41, 5.74) is 2.99. The Morgan fingerprint density at radius 3 is 2.52 bits per heavy atom. The zero-order chi connectivity index (χ0) is 16.4. The van der Waals surface area contributed by atoms with E-state index in [0.717, 1.165) is 31.3 Å². The van der Waals surface area contributed by atoms with Crippen LogP contribution in [0.25, 0.3) is 0 Å². The highest BCUT2D eigenvalue weighted by molar-refractivity contribution is 7.89. The third-order valence-electron chi connectivity index (χ3n) is 5.07. The van der Waals surface area contributed by atoms with Crippen LogP contribution in [-0.4, -0.2) is 44.0 Å². The number of sulfonamides is 1. The summed E-state index contributed by atoms with van der Waals surface area (Å²) in [5.74, 6) is -0.721. The molecule has 0 unspecified atom stereocenters. The number of imide groups is 1. The Balaban J connectivity index is 1.68. The van der Waals surface area contributed by atoms with Gasteiger partial charge in [0.1, 0.15) is 6.54 Å². The Kier molecular flexibility index (Phi) is 2.82. The second-order valence-electron chi connectivity index (χ2n) is 6.51. The second-order valence-corrected chi connectivity index (χ2v) is 8.34. The Bertz CT molecular complexity index is 829. The Labute approximate surface area is 134 Å². The van der Waals surface area contributed by atoms with E-state index in [4.69, 9.17) is 0 Å². The van der Waals surface area contributed by atoms with Crippen LogP contribution in [0, 0.1) is 0 Å². The number of amides is 3. The number of rotatable bonds is 2. The molecular formula is C15H17N3O4S. The monoisotopic (exact) mass is 335 g/mol. The third-order valence-corrected chi connectivity index (χ3v) is 6.09. The number of nitrogens with zero attached hydrogens (tertiary/aromatic N) is 2. The molecule has 0 bridgehead atoms. The zero-order valence-electron chi connectivity index (χ0n) is 12.7. The quantitative estimate of drug-likeness (QED) is 0.822. The molecule has 2 heterocycles. The van der Waals surface area contributed by atoms with Gasteiger partial charge in [0, 0.05) is 23.3 Å². The van der Waals surface area contributed by atoms with Gasteiger partial charge in [-0.1, -0.05) is 12.5 Å². The van der Waals surface area contributed by atoms with Crippen molar-refractivity contribution in [3.8, 4) is 0 Å². The van der Waals surface area contributed by atoms with Crippen LogP contribution in [0.5, 0.6) is 0 Å². The number of urea groups is 1. The van der Waals surface area contributed by atoms with Gasteiger partial charge in [0.2, 0.25) is 10.0 Å². The summed E-state index contributed by atoms with van der Waals surface area (Å²) in [7, 11) is -3.89. The fraction of sp³-hybridized carbons (Fsp3) is 0.467. The van der Waals surface area contributed by atoms with Gasteiger partial charge in [-0.15, -0.1) is 0 Å². The smallest absolute Gasteiger partial charge is 0.345 e. The number of fused-ring (bicyclic) bond motifs is 2. The summed E-state index contributed by atoms with van der Waals surface area (Å²) >= 11 is 0. The average Bonchev–Trinajstić information content (AvgIpc) is 2.94. The number of hydrogen-bond acceptors (Lipinski definition) is 5. The van der Waals surface area contributed by atoms with Crippen molar-refractivity contribution < 1.29 is 18.0 Å². The number of anilines is 2. The van der Waals surface area contributed by atoms with Gasteiger partial charge in [-0.3, -0.25) is 9.69 Å². The van der Waals surface area contributed by atoms with Crippen molar-refractivity contribution in [3.63, 3.8) is 0 Å². The molecule has 0 atom stereocenters. The predicted octanol–water partition coefficient (Wildman–Crippen LogP) is 1.26. The molecule has 23 heavy (non-hydrogen) atoms. The lowest BCUT2D eigenvalue weighted by molar-refractivity contribution is -0.121. The van der Waals surface area contributed by atoms with Crippen molar-refractivity contribution in [3.05, 3.63) is 23.8 Å².